The van der Waals surface area contributed by atoms with Gasteiger partial charge in [-0.2, -0.15) is 0 Å². The maximum absolute atomic E-state index is 5.63. The van der Waals surface area contributed by atoms with Crippen LogP contribution < -0.4 is 5.73 Å². The molecule has 1 aromatic heterocycles. The van der Waals surface area contributed by atoms with Crippen LogP contribution in [-0.2, 0) is 0 Å². The van der Waals surface area contributed by atoms with Gasteiger partial charge in [0.1, 0.15) is 0 Å². The molecular formula is C14H13BrN2. The molecule has 1 aromatic carbocycles. The van der Waals surface area contributed by atoms with E-state index in [1.807, 2.05) is 36.5 Å². The third kappa shape index (κ3) is 3.02. The molecule has 0 unspecified atom stereocenters. The average Bonchev–Trinajstić information content (AvgIpc) is 2.38. The summed E-state index contributed by atoms with van der Waals surface area (Å²) in [6.07, 6.45) is 5.63. The standard InChI is InChI=1S/C14H13BrN2/c15-13-5-3-11(4-6-13)14(7-8-16)12-2-1-9-17-10-12/h1-7,9-10H,8,16H2/b14-7+. The fraction of sp³-hybridized carbons (Fsp3) is 0.0714. The molecule has 3 heteroatoms. The number of nitrogens with zero attached hydrogens (tertiary/aromatic N) is 1. The van der Waals surface area contributed by atoms with Gasteiger partial charge in [0, 0.05) is 29.0 Å². The fourth-order valence-electron chi connectivity index (χ4n) is 1.67. The lowest BCUT2D eigenvalue weighted by Crippen LogP contribution is -1.97. The van der Waals surface area contributed by atoms with Crippen molar-refractivity contribution >= 4 is 21.5 Å². The second-order valence-electron chi connectivity index (χ2n) is 3.60. The highest BCUT2D eigenvalue weighted by molar-refractivity contribution is 9.10. The molecule has 2 rings (SSSR count). The predicted octanol–water partition coefficient (Wildman–Crippen LogP) is 3.23. The molecule has 2 N–H and O–H groups in total. The van der Waals surface area contributed by atoms with Crippen molar-refractivity contribution < 1.29 is 0 Å². The molecule has 0 spiro atoms. The number of rotatable bonds is 3. The van der Waals surface area contributed by atoms with Crippen LogP contribution in [0.3, 0.4) is 0 Å². The van der Waals surface area contributed by atoms with Crippen LogP contribution in [0.4, 0.5) is 0 Å². The molecule has 0 aliphatic heterocycles. The Kier molecular flexibility index (Phi) is 4.07. The van der Waals surface area contributed by atoms with E-state index in [1.165, 1.54) is 0 Å². The molecule has 0 amide bonds. The van der Waals surface area contributed by atoms with Crippen molar-refractivity contribution in [1.29, 1.82) is 0 Å². The van der Waals surface area contributed by atoms with E-state index in [0.29, 0.717) is 6.54 Å². The van der Waals surface area contributed by atoms with Crippen LogP contribution in [0.25, 0.3) is 5.57 Å². The van der Waals surface area contributed by atoms with Crippen molar-refractivity contribution in [2.45, 2.75) is 0 Å². The maximum atomic E-state index is 5.63. The van der Waals surface area contributed by atoms with Crippen molar-refractivity contribution in [3.8, 4) is 0 Å². The van der Waals surface area contributed by atoms with E-state index in [0.717, 1.165) is 21.2 Å². The zero-order valence-corrected chi connectivity index (χ0v) is 10.9. The lowest BCUT2D eigenvalue weighted by Gasteiger charge is -2.07. The highest BCUT2D eigenvalue weighted by Gasteiger charge is 2.04. The molecule has 0 saturated carbocycles. The summed E-state index contributed by atoms with van der Waals surface area (Å²) in [5.41, 5.74) is 8.98. The first-order valence-electron chi connectivity index (χ1n) is 5.38. The Balaban J connectivity index is 2.44. The minimum Gasteiger partial charge on any atom is -0.327 e. The van der Waals surface area contributed by atoms with E-state index in [4.69, 9.17) is 5.73 Å². The Morgan fingerprint density at radius 1 is 1.18 bits per heavy atom. The van der Waals surface area contributed by atoms with Crippen LogP contribution in [0, 0.1) is 0 Å². The van der Waals surface area contributed by atoms with E-state index < -0.39 is 0 Å². The summed E-state index contributed by atoms with van der Waals surface area (Å²) >= 11 is 3.43. The normalized spacial score (nSPS) is 11.5. The molecule has 0 radical (unpaired) electrons. The number of halogens is 1. The largest absolute Gasteiger partial charge is 0.327 e. The van der Waals surface area contributed by atoms with Crippen LogP contribution in [0.5, 0.6) is 0 Å². The van der Waals surface area contributed by atoms with E-state index in [9.17, 15) is 0 Å². The summed E-state index contributed by atoms with van der Waals surface area (Å²) in [5, 5.41) is 0. The van der Waals surface area contributed by atoms with Gasteiger partial charge in [-0.3, -0.25) is 4.98 Å². The maximum Gasteiger partial charge on any atom is 0.0346 e. The van der Waals surface area contributed by atoms with Gasteiger partial charge in [-0.05, 0) is 29.3 Å². The first-order chi connectivity index (χ1) is 8.31. The van der Waals surface area contributed by atoms with Gasteiger partial charge >= 0.3 is 0 Å². The second kappa shape index (κ2) is 5.75. The minimum atomic E-state index is 0.514. The SMILES string of the molecule is NC/C=C(\c1ccc(Br)cc1)c1cccnc1. The summed E-state index contributed by atoms with van der Waals surface area (Å²) < 4.78 is 1.07. The first-order valence-corrected chi connectivity index (χ1v) is 6.17. The fourth-order valence-corrected chi connectivity index (χ4v) is 1.94. The molecule has 0 saturated heterocycles. The van der Waals surface area contributed by atoms with Crippen LogP contribution in [0.2, 0.25) is 0 Å². The number of benzene rings is 1. The third-order valence-electron chi connectivity index (χ3n) is 2.45. The lowest BCUT2D eigenvalue weighted by molar-refractivity contribution is 1.24. The summed E-state index contributed by atoms with van der Waals surface area (Å²) in [7, 11) is 0. The van der Waals surface area contributed by atoms with Crippen molar-refractivity contribution in [3.63, 3.8) is 0 Å². The van der Waals surface area contributed by atoms with Gasteiger partial charge < -0.3 is 5.73 Å². The van der Waals surface area contributed by atoms with Gasteiger partial charge in [0.05, 0.1) is 0 Å². The molecule has 0 bridgehead atoms. The van der Waals surface area contributed by atoms with E-state index in [1.54, 1.807) is 6.20 Å². The quantitative estimate of drug-likeness (QED) is 0.942. The third-order valence-corrected chi connectivity index (χ3v) is 2.98. The van der Waals surface area contributed by atoms with Gasteiger partial charge in [-0.15, -0.1) is 0 Å². The Bertz CT molecular complexity index is 504. The van der Waals surface area contributed by atoms with Gasteiger partial charge in [0.15, 0.2) is 0 Å². The summed E-state index contributed by atoms with van der Waals surface area (Å²) in [6, 6.07) is 12.2. The zero-order chi connectivity index (χ0) is 12.1. The second-order valence-corrected chi connectivity index (χ2v) is 4.52. The molecule has 0 fully saturated rings. The average molecular weight is 289 g/mol. The van der Waals surface area contributed by atoms with Crippen LogP contribution in [-0.4, -0.2) is 11.5 Å². The minimum absolute atomic E-state index is 0.514. The van der Waals surface area contributed by atoms with Gasteiger partial charge in [0.2, 0.25) is 0 Å². The molecule has 17 heavy (non-hydrogen) atoms. The molecule has 86 valence electrons. The first kappa shape index (κ1) is 12.0. The molecule has 2 aromatic rings. The Morgan fingerprint density at radius 2 is 1.94 bits per heavy atom. The Labute approximate surface area is 109 Å². The molecule has 0 aliphatic carbocycles. The Hall–Kier alpha value is -1.45. The predicted molar refractivity (Wildman–Crippen MR) is 74.5 cm³/mol. The van der Waals surface area contributed by atoms with Gasteiger partial charge in [-0.25, -0.2) is 0 Å². The van der Waals surface area contributed by atoms with Crippen molar-refractivity contribution in [1.82, 2.24) is 4.98 Å². The Morgan fingerprint density at radius 3 is 2.53 bits per heavy atom. The number of hydrogen-bond donors (Lipinski definition) is 1. The van der Waals surface area contributed by atoms with E-state index in [-0.39, 0.29) is 0 Å². The van der Waals surface area contributed by atoms with Crippen molar-refractivity contribution in [2.75, 3.05) is 6.54 Å². The van der Waals surface area contributed by atoms with Crippen LogP contribution in [0.15, 0.2) is 59.3 Å². The van der Waals surface area contributed by atoms with Crippen molar-refractivity contribution in [3.05, 3.63) is 70.5 Å². The summed E-state index contributed by atoms with van der Waals surface area (Å²) in [6.45, 7) is 0.514. The lowest BCUT2D eigenvalue weighted by atomic mass is 9.99. The number of hydrogen-bond acceptors (Lipinski definition) is 2. The van der Waals surface area contributed by atoms with E-state index >= 15 is 0 Å². The number of nitrogens with two attached hydrogens (primary N) is 1. The smallest absolute Gasteiger partial charge is 0.0346 e. The molecule has 0 atom stereocenters. The highest BCUT2D eigenvalue weighted by Crippen LogP contribution is 2.23. The van der Waals surface area contributed by atoms with E-state index in [2.05, 4.69) is 33.0 Å². The summed E-state index contributed by atoms with van der Waals surface area (Å²) in [5.74, 6) is 0. The van der Waals surface area contributed by atoms with Crippen LogP contribution in [0.1, 0.15) is 11.1 Å². The van der Waals surface area contributed by atoms with Crippen molar-refractivity contribution in [2.24, 2.45) is 5.73 Å². The topological polar surface area (TPSA) is 38.9 Å². The molecule has 0 aliphatic rings. The molecular weight excluding hydrogens is 276 g/mol. The number of aromatic nitrogens is 1. The molecule has 1 heterocycles. The highest BCUT2D eigenvalue weighted by atomic mass is 79.9. The number of pyridine rings is 1. The van der Waals surface area contributed by atoms with Crippen LogP contribution >= 0.6 is 15.9 Å². The molecule has 2 nitrogen and oxygen atoms in total. The summed E-state index contributed by atoms with van der Waals surface area (Å²) in [4.78, 5) is 4.14. The van der Waals surface area contributed by atoms with Gasteiger partial charge in [-0.1, -0.05) is 40.2 Å². The monoisotopic (exact) mass is 288 g/mol. The zero-order valence-electron chi connectivity index (χ0n) is 9.31. The van der Waals surface area contributed by atoms with Gasteiger partial charge in [0.25, 0.3) is 0 Å².